The van der Waals surface area contributed by atoms with E-state index in [1.54, 1.807) is 34.4 Å². The van der Waals surface area contributed by atoms with Gasteiger partial charge in [-0.15, -0.1) is 22.7 Å². The Morgan fingerprint density at radius 2 is 2.14 bits per heavy atom. The summed E-state index contributed by atoms with van der Waals surface area (Å²) in [5, 5.41) is 2.71. The lowest BCUT2D eigenvalue weighted by Gasteiger charge is -2.12. The molecule has 0 saturated heterocycles. The Kier molecular flexibility index (Phi) is 6.98. The normalized spacial score (nSPS) is 11.2. The fourth-order valence-corrected chi connectivity index (χ4v) is 5.20. The molecule has 0 fully saturated rings. The largest absolute Gasteiger partial charge is 0.469 e. The van der Waals surface area contributed by atoms with E-state index in [2.05, 4.69) is 6.92 Å². The van der Waals surface area contributed by atoms with E-state index in [4.69, 9.17) is 14.5 Å². The van der Waals surface area contributed by atoms with Crippen LogP contribution in [0.4, 0.5) is 0 Å². The predicted octanol–water partition coefficient (Wildman–Crippen LogP) is 3.89. The van der Waals surface area contributed by atoms with Gasteiger partial charge in [-0.1, -0.05) is 13.0 Å². The summed E-state index contributed by atoms with van der Waals surface area (Å²) < 4.78 is 11.6. The number of methoxy groups -OCH3 is 2. The number of aromatic nitrogens is 2. The molecule has 0 unspecified atom stereocenters. The topological polar surface area (TPSA) is 70.4 Å². The fourth-order valence-electron chi connectivity index (χ4n) is 3.20. The van der Waals surface area contributed by atoms with Crippen molar-refractivity contribution in [1.29, 1.82) is 0 Å². The lowest BCUT2D eigenvalue weighted by molar-refractivity contribution is -0.140. The second-order valence-electron chi connectivity index (χ2n) is 6.32. The molecule has 0 aliphatic heterocycles. The molecule has 0 spiro atoms. The zero-order valence-corrected chi connectivity index (χ0v) is 18.0. The molecular weight excluding hydrogens is 396 g/mol. The number of nitrogens with zero attached hydrogens (tertiary/aromatic N) is 2. The first kappa shape index (κ1) is 20.7. The van der Waals surface area contributed by atoms with Crippen LogP contribution in [0.5, 0.6) is 0 Å². The first-order valence-electron chi connectivity index (χ1n) is 9.25. The molecule has 0 aliphatic carbocycles. The molecule has 0 amide bonds. The van der Waals surface area contributed by atoms with Gasteiger partial charge in [0.25, 0.3) is 5.56 Å². The van der Waals surface area contributed by atoms with E-state index < -0.39 is 0 Å². The number of rotatable bonds is 9. The zero-order chi connectivity index (χ0) is 20.1. The van der Waals surface area contributed by atoms with Gasteiger partial charge in [0.15, 0.2) is 0 Å². The summed E-state index contributed by atoms with van der Waals surface area (Å²) in [6, 6.07) is 4.05. The lowest BCUT2D eigenvalue weighted by Crippen LogP contribution is -2.26. The minimum atomic E-state index is -0.274. The average molecular weight is 421 g/mol. The van der Waals surface area contributed by atoms with E-state index in [9.17, 15) is 9.59 Å². The highest BCUT2D eigenvalue weighted by Gasteiger charge is 2.21. The lowest BCUT2D eigenvalue weighted by atomic mass is 10.1. The van der Waals surface area contributed by atoms with Gasteiger partial charge >= 0.3 is 5.97 Å². The minimum absolute atomic E-state index is 0.0414. The van der Waals surface area contributed by atoms with Crippen molar-refractivity contribution in [3.63, 3.8) is 0 Å². The van der Waals surface area contributed by atoms with Gasteiger partial charge in [-0.2, -0.15) is 0 Å². The molecular formula is C20H24N2O4S2. The van der Waals surface area contributed by atoms with Gasteiger partial charge in [-0.05, 0) is 24.3 Å². The molecule has 150 valence electrons. The summed E-state index contributed by atoms with van der Waals surface area (Å²) in [7, 11) is 3.00. The standard InChI is InChI=1S/C20H24N2O4S2/c1-4-13-17(14-7-6-12-27-14)18-19(28-13)21-15(9-11-25-2)22(20(18)24)10-5-8-16(23)26-3/h6-7,12H,4-5,8-11H2,1-3H3. The van der Waals surface area contributed by atoms with Gasteiger partial charge in [0, 0.05) is 41.8 Å². The average Bonchev–Trinajstić information content (AvgIpc) is 3.35. The molecule has 3 rings (SSSR count). The number of carbonyl (C=O) groups is 1. The molecule has 0 N–H and O–H groups in total. The Balaban J connectivity index is 2.12. The molecule has 3 aromatic rings. The Morgan fingerprint density at radius 3 is 2.79 bits per heavy atom. The van der Waals surface area contributed by atoms with Gasteiger partial charge in [-0.25, -0.2) is 4.98 Å². The molecule has 0 radical (unpaired) electrons. The highest BCUT2D eigenvalue weighted by molar-refractivity contribution is 7.20. The van der Waals surface area contributed by atoms with Gasteiger partial charge in [0.05, 0.1) is 19.1 Å². The maximum absolute atomic E-state index is 13.5. The van der Waals surface area contributed by atoms with Crippen molar-refractivity contribution in [3.05, 3.63) is 38.6 Å². The van der Waals surface area contributed by atoms with Gasteiger partial charge in [0.1, 0.15) is 10.7 Å². The number of fused-ring (bicyclic) bond motifs is 1. The van der Waals surface area contributed by atoms with Crippen LogP contribution in [0, 0.1) is 0 Å². The molecule has 6 nitrogen and oxygen atoms in total. The van der Waals surface area contributed by atoms with Crippen molar-refractivity contribution in [2.45, 2.75) is 39.2 Å². The molecule has 0 saturated carbocycles. The molecule has 3 aromatic heterocycles. The molecule has 0 bridgehead atoms. The van der Waals surface area contributed by atoms with Crippen LogP contribution in [0.2, 0.25) is 0 Å². The maximum atomic E-state index is 13.5. The third-order valence-electron chi connectivity index (χ3n) is 4.57. The van der Waals surface area contributed by atoms with E-state index in [0.29, 0.717) is 37.2 Å². The third-order valence-corrected chi connectivity index (χ3v) is 6.69. The Labute approximate surface area is 171 Å². The van der Waals surface area contributed by atoms with Crippen LogP contribution in [0.25, 0.3) is 20.7 Å². The minimum Gasteiger partial charge on any atom is -0.469 e. The fraction of sp³-hybridized carbons (Fsp3) is 0.450. The summed E-state index contributed by atoms with van der Waals surface area (Å²) in [5.41, 5.74) is 0.968. The van der Waals surface area contributed by atoms with Gasteiger partial charge in [0.2, 0.25) is 0 Å². The maximum Gasteiger partial charge on any atom is 0.305 e. The quantitative estimate of drug-likeness (QED) is 0.491. The molecule has 3 heterocycles. The van der Waals surface area contributed by atoms with Crippen LogP contribution >= 0.6 is 22.7 Å². The second-order valence-corrected chi connectivity index (χ2v) is 8.35. The van der Waals surface area contributed by atoms with E-state index >= 15 is 0 Å². The number of esters is 1. The summed E-state index contributed by atoms with van der Waals surface area (Å²) in [4.78, 5) is 32.8. The summed E-state index contributed by atoms with van der Waals surface area (Å²) in [6.45, 7) is 3.01. The molecule has 0 atom stereocenters. The molecule has 8 heteroatoms. The van der Waals surface area contributed by atoms with E-state index in [-0.39, 0.29) is 17.9 Å². The molecule has 0 aromatic carbocycles. The van der Waals surface area contributed by atoms with Crippen LogP contribution in [0.15, 0.2) is 22.3 Å². The van der Waals surface area contributed by atoms with Crippen LogP contribution in [0.1, 0.15) is 30.5 Å². The molecule has 0 aliphatic rings. The zero-order valence-electron chi connectivity index (χ0n) is 16.3. The van der Waals surface area contributed by atoms with Crippen molar-refractivity contribution < 1.29 is 14.3 Å². The van der Waals surface area contributed by atoms with Crippen molar-refractivity contribution in [2.24, 2.45) is 0 Å². The van der Waals surface area contributed by atoms with Crippen molar-refractivity contribution in [2.75, 3.05) is 20.8 Å². The van der Waals surface area contributed by atoms with E-state index in [1.165, 1.54) is 12.0 Å². The van der Waals surface area contributed by atoms with Gasteiger partial charge in [-0.3, -0.25) is 14.2 Å². The molecule has 28 heavy (non-hydrogen) atoms. The van der Waals surface area contributed by atoms with Crippen molar-refractivity contribution >= 4 is 38.9 Å². The second kappa shape index (κ2) is 9.45. The first-order chi connectivity index (χ1) is 13.6. The number of aryl methyl sites for hydroxylation is 1. The van der Waals surface area contributed by atoms with Crippen LogP contribution < -0.4 is 5.56 Å². The number of hydrogen-bond acceptors (Lipinski definition) is 7. The number of ether oxygens (including phenoxy) is 2. The predicted molar refractivity (Wildman–Crippen MR) is 113 cm³/mol. The monoisotopic (exact) mass is 420 g/mol. The SMILES string of the molecule is CCc1sc2nc(CCOC)n(CCCC(=O)OC)c(=O)c2c1-c1cccs1. The van der Waals surface area contributed by atoms with E-state index in [0.717, 1.165) is 21.7 Å². The number of hydrogen-bond donors (Lipinski definition) is 0. The highest BCUT2D eigenvalue weighted by atomic mass is 32.1. The third kappa shape index (κ3) is 4.19. The highest BCUT2D eigenvalue weighted by Crippen LogP contribution is 2.38. The van der Waals surface area contributed by atoms with E-state index in [1.807, 2.05) is 17.5 Å². The summed E-state index contributed by atoms with van der Waals surface area (Å²) in [5.74, 6) is 0.425. The van der Waals surface area contributed by atoms with Crippen molar-refractivity contribution in [3.8, 4) is 10.4 Å². The van der Waals surface area contributed by atoms with Crippen LogP contribution in [-0.4, -0.2) is 36.3 Å². The number of thiophene rings is 2. The van der Waals surface area contributed by atoms with Gasteiger partial charge < -0.3 is 9.47 Å². The van der Waals surface area contributed by atoms with Crippen LogP contribution in [0.3, 0.4) is 0 Å². The van der Waals surface area contributed by atoms with Crippen LogP contribution in [-0.2, 0) is 33.7 Å². The summed E-state index contributed by atoms with van der Waals surface area (Å²) in [6.07, 6.45) is 2.20. The number of carbonyl (C=O) groups excluding carboxylic acids is 1. The smallest absolute Gasteiger partial charge is 0.305 e. The summed E-state index contributed by atoms with van der Waals surface area (Å²) >= 11 is 3.22. The Hall–Kier alpha value is -2.03. The Bertz CT molecular complexity index is 1010. The Morgan fingerprint density at radius 1 is 1.32 bits per heavy atom. The first-order valence-corrected chi connectivity index (χ1v) is 10.9. The van der Waals surface area contributed by atoms with Crippen molar-refractivity contribution in [1.82, 2.24) is 9.55 Å².